The van der Waals surface area contributed by atoms with E-state index < -0.39 is 0 Å². The van der Waals surface area contributed by atoms with Gasteiger partial charge in [0.05, 0.1) is 12.7 Å². The van der Waals surface area contributed by atoms with Gasteiger partial charge in [-0.2, -0.15) is 0 Å². The lowest BCUT2D eigenvalue weighted by atomic mass is 10.1. The first-order chi connectivity index (χ1) is 8.77. The van der Waals surface area contributed by atoms with Gasteiger partial charge in [0.2, 0.25) is 0 Å². The molecule has 0 amide bonds. The van der Waals surface area contributed by atoms with Crippen LogP contribution in [0.5, 0.6) is 0 Å². The smallest absolute Gasteiger partial charge is 0.0645 e. The number of anilines is 1. The molecule has 2 rings (SSSR count). The highest BCUT2D eigenvalue weighted by Gasteiger charge is 2.13. The molecule has 0 aromatic heterocycles. The van der Waals surface area contributed by atoms with Gasteiger partial charge in [-0.15, -0.1) is 0 Å². The van der Waals surface area contributed by atoms with Crippen LogP contribution >= 0.6 is 0 Å². The van der Waals surface area contributed by atoms with E-state index in [9.17, 15) is 0 Å². The molecule has 0 saturated carbocycles. The Labute approximate surface area is 110 Å². The molecule has 0 aliphatic carbocycles. The summed E-state index contributed by atoms with van der Waals surface area (Å²) in [5.41, 5.74) is 2.62. The second kappa shape index (κ2) is 6.76. The van der Waals surface area contributed by atoms with Crippen LogP contribution in [-0.4, -0.2) is 39.4 Å². The first kappa shape index (κ1) is 13.4. The van der Waals surface area contributed by atoms with Gasteiger partial charge in [0.15, 0.2) is 0 Å². The van der Waals surface area contributed by atoms with Crippen LogP contribution in [0, 0.1) is 6.92 Å². The molecule has 1 aliphatic heterocycles. The van der Waals surface area contributed by atoms with Crippen molar-refractivity contribution in [3.05, 3.63) is 29.8 Å². The molecule has 0 atom stereocenters. The molecule has 3 nitrogen and oxygen atoms in total. The Hall–Kier alpha value is -1.06. The summed E-state index contributed by atoms with van der Waals surface area (Å²) in [5, 5.41) is 3.36. The molecule has 1 saturated heterocycles. The van der Waals surface area contributed by atoms with Gasteiger partial charge >= 0.3 is 0 Å². The number of likely N-dealkylation sites (N-methyl/N-ethyl adjacent to an activating group) is 1. The zero-order valence-corrected chi connectivity index (χ0v) is 11.5. The maximum absolute atomic E-state index is 5.93. The minimum atomic E-state index is 0.455. The molecule has 1 fully saturated rings. The molecule has 1 heterocycles. The van der Waals surface area contributed by atoms with E-state index in [-0.39, 0.29) is 0 Å². The summed E-state index contributed by atoms with van der Waals surface area (Å²) in [6.45, 7) is 6.11. The summed E-state index contributed by atoms with van der Waals surface area (Å²) in [6.07, 6.45) is 2.75. The third kappa shape index (κ3) is 3.72. The van der Waals surface area contributed by atoms with Crippen molar-refractivity contribution in [2.24, 2.45) is 0 Å². The molecular formula is C15H24N2O. The van der Waals surface area contributed by atoms with Crippen LogP contribution in [0.2, 0.25) is 0 Å². The summed E-state index contributed by atoms with van der Waals surface area (Å²) in [6, 6.07) is 8.49. The summed E-state index contributed by atoms with van der Waals surface area (Å²) in [5.74, 6) is 0. The maximum Gasteiger partial charge on any atom is 0.0645 e. The van der Waals surface area contributed by atoms with Gasteiger partial charge in [0, 0.05) is 19.3 Å². The number of nitrogens with one attached hydrogen (secondary N) is 1. The highest BCUT2D eigenvalue weighted by molar-refractivity contribution is 5.52. The summed E-state index contributed by atoms with van der Waals surface area (Å²) in [7, 11) is 2.13. The zero-order valence-electron chi connectivity index (χ0n) is 11.5. The fourth-order valence-corrected chi connectivity index (χ4v) is 2.43. The Bertz CT molecular complexity index is 361. The van der Waals surface area contributed by atoms with Crippen LogP contribution in [0.3, 0.4) is 0 Å². The standard InChI is InChI=1S/C15H24N2O/c1-13-5-3-4-6-15(13)17(2)11-12-18-14-7-9-16-10-8-14/h3-6,14,16H,7-12H2,1-2H3. The number of para-hydroxylation sites is 1. The van der Waals surface area contributed by atoms with Crippen molar-refractivity contribution >= 4 is 5.69 Å². The van der Waals surface area contributed by atoms with Crippen LogP contribution in [-0.2, 0) is 4.74 Å². The number of hydrogen-bond donors (Lipinski definition) is 1. The Morgan fingerprint density at radius 1 is 1.28 bits per heavy atom. The van der Waals surface area contributed by atoms with Gasteiger partial charge in [-0.05, 0) is 44.5 Å². The Kier molecular flexibility index (Phi) is 5.02. The molecule has 1 N–H and O–H groups in total. The lowest BCUT2D eigenvalue weighted by molar-refractivity contribution is 0.0376. The van der Waals surface area contributed by atoms with Crippen molar-refractivity contribution in [3.8, 4) is 0 Å². The lowest BCUT2D eigenvalue weighted by Gasteiger charge is -2.26. The topological polar surface area (TPSA) is 24.5 Å². The van der Waals surface area contributed by atoms with Crippen molar-refractivity contribution in [3.63, 3.8) is 0 Å². The Morgan fingerprint density at radius 2 is 2.00 bits per heavy atom. The van der Waals surface area contributed by atoms with E-state index in [1.165, 1.54) is 11.3 Å². The Morgan fingerprint density at radius 3 is 2.72 bits per heavy atom. The van der Waals surface area contributed by atoms with Crippen LogP contribution in [0.25, 0.3) is 0 Å². The van der Waals surface area contributed by atoms with Crippen LogP contribution in [0.1, 0.15) is 18.4 Å². The lowest BCUT2D eigenvalue weighted by Crippen LogP contribution is -2.34. The molecule has 1 aliphatic rings. The first-order valence-corrected chi connectivity index (χ1v) is 6.86. The quantitative estimate of drug-likeness (QED) is 0.864. The number of piperidine rings is 1. The molecule has 0 unspecified atom stereocenters. The van der Waals surface area contributed by atoms with Gasteiger partial charge in [0.25, 0.3) is 0 Å². The number of hydrogen-bond acceptors (Lipinski definition) is 3. The van der Waals surface area contributed by atoms with E-state index in [0.29, 0.717) is 6.10 Å². The molecular weight excluding hydrogens is 224 g/mol. The van der Waals surface area contributed by atoms with Gasteiger partial charge in [-0.25, -0.2) is 0 Å². The van der Waals surface area contributed by atoms with E-state index in [4.69, 9.17) is 4.74 Å². The SMILES string of the molecule is Cc1ccccc1N(C)CCOC1CCNCC1. The van der Waals surface area contributed by atoms with E-state index in [2.05, 4.69) is 48.5 Å². The first-order valence-electron chi connectivity index (χ1n) is 6.86. The number of aryl methyl sites for hydroxylation is 1. The number of ether oxygens (including phenoxy) is 1. The number of benzene rings is 1. The average molecular weight is 248 g/mol. The van der Waals surface area contributed by atoms with Crippen LogP contribution in [0.15, 0.2) is 24.3 Å². The molecule has 0 bridgehead atoms. The molecule has 1 aromatic carbocycles. The van der Waals surface area contributed by atoms with Crippen molar-refractivity contribution in [1.82, 2.24) is 5.32 Å². The number of nitrogens with zero attached hydrogens (tertiary/aromatic N) is 1. The van der Waals surface area contributed by atoms with E-state index >= 15 is 0 Å². The van der Waals surface area contributed by atoms with E-state index in [1.807, 2.05) is 0 Å². The second-order valence-corrected chi connectivity index (χ2v) is 5.03. The monoisotopic (exact) mass is 248 g/mol. The summed E-state index contributed by atoms with van der Waals surface area (Å²) in [4.78, 5) is 2.27. The van der Waals surface area contributed by atoms with Crippen molar-refractivity contribution in [2.45, 2.75) is 25.9 Å². The molecule has 0 radical (unpaired) electrons. The third-order valence-electron chi connectivity index (χ3n) is 3.59. The predicted octanol–water partition coefficient (Wildman–Crippen LogP) is 2.20. The average Bonchev–Trinajstić information content (AvgIpc) is 2.40. The fraction of sp³-hybridized carbons (Fsp3) is 0.600. The van der Waals surface area contributed by atoms with E-state index in [1.54, 1.807) is 0 Å². The van der Waals surface area contributed by atoms with E-state index in [0.717, 1.165) is 39.1 Å². The molecule has 1 aromatic rings. The highest BCUT2D eigenvalue weighted by atomic mass is 16.5. The fourth-order valence-electron chi connectivity index (χ4n) is 2.43. The molecule has 100 valence electrons. The zero-order chi connectivity index (χ0) is 12.8. The summed E-state index contributed by atoms with van der Waals surface area (Å²) >= 11 is 0. The largest absolute Gasteiger partial charge is 0.376 e. The minimum Gasteiger partial charge on any atom is -0.376 e. The normalized spacial score (nSPS) is 16.8. The predicted molar refractivity (Wildman–Crippen MR) is 76.3 cm³/mol. The summed E-state index contributed by atoms with van der Waals surface area (Å²) < 4.78 is 5.93. The molecule has 0 spiro atoms. The van der Waals surface area contributed by atoms with Crippen LogP contribution in [0.4, 0.5) is 5.69 Å². The van der Waals surface area contributed by atoms with Gasteiger partial charge in [-0.3, -0.25) is 0 Å². The third-order valence-corrected chi connectivity index (χ3v) is 3.59. The van der Waals surface area contributed by atoms with Gasteiger partial charge in [0.1, 0.15) is 0 Å². The molecule has 18 heavy (non-hydrogen) atoms. The van der Waals surface area contributed by atoms with Gasteiger partial charge in [-0.1, -0.05) is 18.2 Å². The molecule has 3 heteroatoms. The van der Waals surface area contributed by atoms with Gasteiger partial charge < -0.3 is 15.0 Å². The van der Waals surface area contributed by atoms with Crippen LogP contribution < -0.4 is 10.2 Å². The maximum atomic E-state index is 5.93. The van der Waals surface area contributed by atoms with Crippen molar-refractivity contribution in [2.75, 3.05) is 38.2 Å². The highest BCUT2D eigenvalue weighted by Crippen LogP contribution is 2.17. The Balaban J connectivity index is 1.74. The number of rotatable bonds is 5. The minimum absolute atomic E-state index is 0.455. The second-order valence-electron chi connectivity index (χ2n) is 5.03. The van der Waals surface area contributed by atoms with Crippen molar-refractivity contribution in [1.29, 1.82) is 0 Å². The van der Waals surface area contributed by atoms with Crippen molar-refractivity contribution < 1.29 is 4.74 Å².